The molecule has 1 aromatic rings. The fourth-order valence-corrected chi connectivity index (χ4v) is 3.92. The summed E-state index contributed by atoms with van der Waals surface area (Å²) in [7, 11) is 0. The lowest BCUT2D eigenvalue weighted by Crippen LogP contribution is -2.54. The van der Waals surface area contributed by atoms with Crippen molar-refractivity contribution >= 4 is 6.03 Å². The van der Waals surface area contributed by atoms with Gasteiger partial charge in [-0.3, -0.25) is 9.91 Å². The van der Waals surface area contributed by atoms with Gasteiger partial charge in [0.15, 0.2) is 0 Å². The molecule has 2 N–H and O–H groups in total. The fraction of sp³-hybridized carbons (Fsp3) is 0.650. The highest BCUT2D eigenvalue weighted by Gasteiger charge is 2.31. The lowest BCUT2D eigenvalue weighted by molar-refractivity contribution is -0.00497. The van der Waals surface area contributed by atoms with Gasteiger partial charge in [0.2, 0.25) is 0 Å². The number of amides is 2. The van der Waals surface area contributed by atoms with Gasteiger partial charge in [0.05, 0.1) is 6.54 Å². The van der Waals surface area contributed by atoms with Crippen molar-refractivity contribution in [2.75, 3.05) is 19.6 Å². The van der Waals surface area contributed by atoms with E-state index in [1.54, 1.807) is 5.01 Å². The molecule has 0 bridgehead atoms. The number of primary amides is 1. The molecule has 0 saturated carbocycles. The maximum atomic E-state index is 12.1. The topological polar surface area (TPSA) is 52.8 Å². The normalized spacial score (nSPS) is 18.4. The molecule has 0 aliphatic carbocycles. The van der Waals surface area contributed by atoms with Crippen molar-refractivity contribution < 1.29 is 4.79 Å². The van der Waals surface area contributed by atoms with Gasteiger partial charge in [-0.2, -0.15) is 0 Å². The molecule has 0 unspecified atom stereocenters. The van der Waals surface area contributed by atoms with Crippen LogP contribution in [0.3, 0.4) is 0 Å². The third kappa shape index (κ3) is 5.44. The molecule has 1 fully saturated rings. The van der Waals surface area contributed by atoms with Gasteiger partial charge in [0, 0.05) is 31.2 Å². The number of hydrogen-bond acceptors (Lipinski definition) is 3. The summed E-state index contributed by atoms with van der Waals surface area (Å²) in [6.07, 6.45) is 3.18. The lowest BCUT2D eigenvalue weighted by atomic mass is 10.0. The van der Waals surface area contributed by atoms with Crippen molar-refractivity contribution in [2.45, 2.75) is 65.1 Å². The molecule has 1 aromatic carbocycles. The Kier molecular flexibility index (Phi) is 7.26. The van der Waals surface area contributed by atoms with E-state index in [1.165, 1.54) is 5.56 Å². The number of carbonyl (C=O) groups is 1. The number of nitrogens with zero attached hydrogens (tertiary/aromatic N) is 3. The third-order valence-corrected chi connectivity index (χ3v) is 5.12. The predicted octanol–water partition coefficient (Wildman–Crippen LogP) is 3.11. The average Bonchev–Trinajstić information content (AvgIpc) is 2.99. The maximum Gasteiger partial charge on any atom is 0.329 e. The second-order valence-corrected chi connectivity index (χ2v) is 7.54. The summed E-state index contributed by atoms with van der Waals surface area (Å²) in [5, 5.41) is 3.98. The van der Waals surface area contributed by atoms with Crippen LogP contribution < -0.4 is 5.73 Å². The molecule has 1 aliphatic rings. The second kappa shape index (κ2) is 9.20. The van der Waals surface area contributed by atoms with Crippen LogP contribution in [-0.2, 0) is 6.42 Å². The molecular formula is C20H34N4O. The van der Waals surface area contributed by atoms with Crippen LogP contribution in [0.2, 0.25) is 0 Å². The van der Waals surface area contributed by atoms with Crippen molar-refractivity contribution in [3.63, 3.8) is 0 Å². The summed E-state index contributed by atoms with van der Waals surface area (Å²) in [5.41, 5.74) is 7.05. The van der Waals surface area contributed by atoms with Gasteiger partial charge in [-0.15, -0.1) is 0 Å². The van der Waals surface area contributed by atoms with Crippen LogP contribution in [-0.4, -0.2) is 58.7 Å². The molecule has 0 spiro atoms. The smallest absolute Gasteiger partial charge is 0.329 e. The highest BCUT2D eigenvalue weighted by Crippen LogP contribution is 2.23. The van der Waals surface area contributed by atoms with Crippen LogP contribution in [0, 0.1) is 0 Å². The molecule has 140 valence electrons. The highest BCUT2D eigenvalue weighted by atomic mass is 16.2. The zero-order valence-corrected chi connectivity index (χ0v) is 16.2. The number of rotatable bonds is 8. The Morgan fingerprint density at radius 3 is 2.36 bits per heavy atom. The van der Waals surface area contributed by atoms with E-state index in [4.69, 9.17) is 5.73 Å². The third-order valence-electron chi connectivity index (χ3n) is 5.12. The van der Waals surface area contributed by atoms with Gasteiger partial charge in [0.25, 0.3) is 0 Å². The van der Waals surface area contributed by atoms with Gasteiger partial charge in [-0.25, -0.2) is 9.80 Å². The molecule has 1 heterocycles. The zero-order chi connectivity index (χ0) is 18.4. The van der Waals surface area contributed by atoms with Crippen LogP contribution in [0.5, 0.6) is 0 Å². The number of hydrazine groups is 1. The molecule has 5 heteroatoms. The van der Waals surface area contributed by atoms with Crippen molar-refractivity contribution in [1.29, 1.82) is 0 Å². The summed E-state index contributed by atoms with van der Waals surface area (Å²) >= 11 is 0. The van der Waals surface area contributed by atoms with E-state index < -0.39 is 0 Å². The number of benzene rings is 1. The first-order chi connectivity index (χ1) is 11.9. The Morgan fingerprint density at radius 1 is 1.16 bits per heavy atom. The molecule has 2 rings (SSSR count). The standard InChI is InChI=1S/C20H34N4O/c1-16(2)22(17(3)4)13-14-24(20(21)25)23-12-8-11-19(23)15-18-9-6-5-7-10-18/h5-7,9-10,16-17,19H,8,11-15H2,1-4H3,(H2,21,25)/t19-/m1/s1. The number of carbonyl (C=O) groups excluding carboxylic acids is 1. The van der Waals surface area contributed by atoms with Crippen molar-refractivity contribution in [3.05, 3.63) is 35.9 Å². The van der Waals surface area contributed by atoms with Gasteiger partial charge in [-0.05, 0) is 52.5 Å². The first-order valence-corrected chi connectivity index (χ1v) is 9.53. The van der Waals surface area contributed by atoms with Gasteiger partial charge in [-0.1, -0.05) is 30.3 Å². The van der Waals surface area contributed by atoms with Crippen molar-refractivity contribution in [2.24, 2.45) is 5.73 Å². The first kappa shape index (κ1) is 19.7. The molecule has 5 nitrogen and oxygen atoms in total. The highest BCUT2D eigenvalue weighted by molar-refractivity contribution is 5.71. The van der Waals surface area contributed by atoms with E-state index in [2.05, 4.69) is 61.9 Å². The summed E-state index contributed by atoms with van der Waals surface area (Å²) in [6.45, 7) is 11.2. The van der Waals surface area contributed by atoms with E-state index in [1.807, 2.05) is 6.07 Å². The largest absolute Gasteiger partial charge is 0.350 e. The van der Waals surface area contributed by atoms with Crippen LogP contribution in [0.1, 0.15) is 46.1 Å². The zero-order valence-electron chi connectivity index (χ0n) is 16.2. The number of nitrogens with two attached hydrogens (primary N) is 1. The minimum Gasteiger partial charge on any atom is -0.350 e. The molecule has 25 heavy (non-hydrogen) atoms. The van der Waals surface area contributed by atoms with Crippen LogP contribution >= 0.6 is 0 Å². The molecular weight excluding hydrogens is 312 g/mol. The Hall–Kier alpha value is -1.59. The number of hydrogen-bond donors (Lipinski definition) is 1. The van der Waals surface area contributed by atoms with E-state index in [0.717, 1.165) is 32.4 Å². The molecule has 1 aliphatic heterocycles. The first-order valence-electron chi connectivity index (χ1n) is 9.53. The van der Waals surface area contributed by atoms with Gasteiger partial charge in [0.1, 0.15) is 0 Å². The molecule has 0 radical (unpaired) electrons. The minimum absolute atomic E-state index is 0.340. The quantitative estimate of drug-likeness (QED) is 0.787. The summed E-state index contributed by atoms with van der Waals surface area (Å²) in [6, 6.07) is 11.4. The fourth-order valence-electron chi connectivity index (χ4n) is 3.92. The number of urea groups is 1. The van der Waals surface area contributed by atoms with Crippen molar-refractivity contribution in [1.82, 2.24) is 14.9 Å². The van der Waals surface area contributed by atoms with Crippen LogP contribution in [0.25, 0.3) is 0 Å². The van der Waals surface area contributed by atoms with E-state index in [9.17, 15) is 4.79 Å². The van der Waals surface area contributed by atoms with Gasteiger partial charge < -0.3 is 5.73 Å². The molecule has 0 aromatic heterocycles. The van der Waals surface area contributed by atoms with Crippen molar-refractivity contribution in [3.8, 4) is 0 Å². The predicted molar refractivity (Wildman–Crippen MR) is 103 cm³/mol. The Bertz CT molecular complexity index is 524. The van der Waals surface area contributed by atoms with E-state index in [-0.39, 0.29) is 6.03 Å². The summed E-state index contributed by atoms with van der Waals surface area (Å²) < 4.78 is 0. The van der Waals surface area contributed by atoms with E-state index in [0.29, 0.717) is 24.7 Å². The Labute approximate surface area is 152 Å². The molecule has 1 saturated heterocycles. The summed E-state index contributed by atoms with van der Waals surface area (Å²) in [4.78, 5) is 14.5. The monoisotopic (exact) mass is 346 g/mol. The summed E-state index contributed by atoms with van der Waals surface area (Å²) in [5.74, 6) is 0. The van der Waals surface area contributed by atoms with Gasteiger partial charge >= 0.3 is 6.03 Å². The maximum absolute atomic E-state index is 12.1. The molecule has 2 amide bonds. The molecule has 1 atom stereocenters. The Balaban J connectivity index is 2.03. The Morgan fingerprint density at radius 2 is 1.80 bits per heavy atom. The van der Waals surface area contributed by atoms with Crippen LogP contribution in [0.15, 0.2) is 30.3 Å². The second-order valence-electron chi connectivity index (χ2n) is 7.54. The van der Waals surface area contributed by atoms with E-state index >= 15 is 0 Å². The lowest BCUT2D eigenvalue weighted by Gasteiger charge is -2.38. The van der Waals surface area contributed by atoms with Crippen LogP contribution in [0.4, 0.5) is 4.79 Å². The average molecular weight is 347 g/mol. The SMILES string of the molecule is CC(C)N(CCN(C(N)=O)N1CCC[C@@H]1Cc1ccccc1)C(C)C. The minimum atomic E-state index is -0.340.